The first-order valence-electron chi connectivity index (χ1n) is 3.98. The second kappa shape index (κ2) is 3.87. The third-order valence-electron chi connectivity index (χ3n) is 1.50. The first-order valence-corrected chi connectivity index (χ1v) is 3.98. The minimum Gasteiger partial charge on any atom is -0.439 e. The molecule has 0 unspecified atom stereocenters. The zero-order chi connectivity index (χ0) is 10.7. The zero-order valence-electron chi connectivity index (χ0n) is 7.88. The second-order valence-electron chi connectivity index (χ2n) is 2.78. The van der Waals surface area contributed by atoms with Crippen LogP contribution < -0.4 is 5.32 Å². The number of hydrogen-bond acceptors (Lipinski definition) is 4. The number of carbonyl (C=O) groups is 2. The molecule has 0 fully saturated rings. The summed E-state index contributed by atoms with van der Waals surface area (Å²) >= 11 is 0. The summed E-state index contributed by atoms with van der Waals surface area (Å²) in [5.74, 6) is -0.256. The van der Waals surface area contributed by atoms with Gasteiger partial charge in [-0.15, -0.1) is 0 Å². The van der Waals surface area contributed by atoms with Gasteiger partial charge < -0.3 is 4.42 Å². The number of Topliss-reactive ketones (excluding diaryl/α,β-unsaturated/α-hetero) is 1. The third kappa shape index (κ3) is 2.29. The van der Waals surface area contributed by atoms with Crippen LogP contribution >= 0.6 is 0 Å². The van der Waals surface area contributed by atoms with Crippen LogP contribution in [0.25, 0.3) is 0 Å². The molecular weight excluding hydrogens is 184 g/mol. The van der Waals surface area contributed by atoms with E-state index in [1.807, 2.05) is 0 Å². The number of furan rings is 1. The van der Waals surface area contributed by atoms with Gasteiger partial charge in [0.25, 0.3) is 0 Å². The number of carbonyl (C=O) groups excluding carboxylic acids is 2. The highest BCUT2D eigenvalue weighted by molar-refractivity contribution is 6.43. The minimum absolute atomic E-state index is 0.154. The molecule has 0 aromatic carbocycles. The molecule has 1 rings (SSSR count). The average molecular weight is 194 g/mol. The number of hydrogen-bond donors (Lipinski definition) is 2. The van der Waals surface area contributed by atoms with Crippen molar-refractivity contribution in [3.63, 3.8) is 0 Å². The van der Waals surface area contributed by atoms with Crippen LogP contribution in [0.4, 0.5) is 5.88 Å². The molecule has 2 N–H and O–H groups in total. The lowest BCUT2D eigenvalue weighted by Gasteiger charge is -1.96. The largest absolute Gasteiger partial charge is 0.439 e. The first-order chi connectivity index (χ1) is 6.50. The smallest absolute Gasteiger partial charge is 0.223 e. The molecule has 0 saturated carbocycles. The lowest BCUT2D eigenvalue weighted by atomic mass is 10.2. The maximum absolute atomic E-state index is 10.8. The maximum Gasteiger partial charge on any atom is 0.223 e. The Labute approximate surface area is 80.6 Å². The molecule has 5 nitrogen and oxygen atoms in total. The monoisotopic (exact) mass is 194 g/mol. The van der Waals surface area contributed by atoms with Crippen LogP contribution in [0.1, 0.15) is 19.6 Å². The van der Waals surface area contributed by atoms with E-state index in [1.165, 1.54) is 26.0 Å². The van der Waals surface area contributed by atoms with E-state index in [2.05, 4.69) is 5.32 Å². The summed E-state index contributed by atoms with van der Waals surface area (Å²) in [5, 5.41) is 9.73. The Kier molecular flexibility index (Phi) is 2.81. The Bertz CT molecular complexity index is 393. The summed E-state index contributed by atoms with van der Waals surface area (Å²) in [6.07, 6.45) is 0. The highest BCUT2D eigenvalue weighted by Gasteiger charge is 2.11. The molecule has 1 amide bonds. The van der Waals surface area contributed by atoms with Crippen LogP contribution in [0.2, 0.25) is 0 Å². The molecule has 0 saturated heterocycles. The van der Waals surface area contributed by atoms with E-state index >= 15 is 0 Å². The molecule has 74 valence electrons. The van der Waals surface area contributed by atoms with Gasteiger partial charge in [-0.25, -0.2) is 0 Å². The molecule has 1 heterocycles. The van der Waals surface area contributed by atoms with Gasteiger partial charge in [0.15, 0.2) is 17.4 Å². The van der Waals surface area contributed by atoms with Crippen LogP contribution in [-0.4, -0.2) is 17.4 Å². The lowest BCUT2D eigenvalue weighted by molar-refractivity contribution is -0.114. The van der Waals surface area contributed by atoms with E-state index in [0.717, 1.165) is 0 Å². The topological polar surface area (TPSA) is 83.2 Å². The van der Waals surface area contributed by atoms with Crippen molar-refractivity contribution in [3.8, 4) is 0 Å². The second-order valence-corrected chi connectivity index (χ2v) is 2.78. The molecule has 0 spiro atoms. The summed E-state index contributed by atoms with van der Waals surface area (Å²) < 4.78 is 5.04. The Morgan fingerprint density at radius 3 is 2.50 bits per heavy atom. The highest BCUT2D eigenvalue weighted by atomic mass is 16.4. The quantitative estimate of drug-likeness (QED) is 0.709. The van der Waals surface area contributed by atoms with Gasteiger partial charge in [0.1, 0.15) is 5.71 Å². The Balaban J connectivity index is 2.83. The van der Waals surface area contributed by atoms with Crippen molar-refractivity contribution >= 4 is 23.3 Å². The fraction of sp³-hybridized carbons (Fsp3) is 0.222. The van der Waals surface area contributed by atoms with Crippen molar-refractivity contribution in [2.24, 2.45) is 0 Å². The van der Waals surface area contributed by atoms with Gasteiger partial charge >= 0.3 is 0 Å². The predicted octanol–water partition coefficient (Wildman–Crippen LogP) is 1.19. The molecule has 14 heavy (non-hydrogen) atoms. The van der Waals surface area contributed by atoms with Crippen molar-refractivity contribution in [3.05, 3.63) is 17.9 Å². The van der Waals surface area contributed by atoms with Crippen molar-refractivity contribution in [1.29, 1.82) is 5.41 Å². The van der Waals surface area contributed by atoms with Gasteiger partial charge in [0.2, 0.25) is 5.91 Å². The molecule has 1 aromatic heterocycles. The fourth-order valence-electron chi connectivity index (χ4n) is 0.886. The lowest BCUT2D eigenvalue weighted by Crippen LogP contribution is -2.08. The summed E-state index contributed by atoms with van der Waals surface area (Å²) in [6.45, 7) is 2.63. The Hall–Kier alpha value is -1.91. The zero-order valence-corrected chi connectivity index (χ0v) is 7.88. The first kappa shape index (κ1) is 10.2. The van der Waals surface area contributed by atoms with Gasteiger partial charge in [0.05, 0.1) is 0 Å². The van der Waals surface area contributed by atoms with E-state index in [0.29, 0.717) is 0 Å². The fourth-order valence-corrected chi connectivity index (χ4v) is 0.886. The summed E-state index contributed by atoms with van der Waals surface area (Å²) in [4.78, 5) is 21.4. The van der Waals surface area contributed by atoms with Crippen LogP contribution in [0.5, 0.6) is 0 Å². The molecule has 0 aliphatic heterocycles. The Morgan fingerprint density at radius 2 is 2.00 bits per heavy atom. The number of rotatable bonds is 3. The van der Waals surface area contributed by atoms with Gasteiger partial charge in [-0.05, 0) is 6.07 Å². The van der Waals surface area contributed by atoms with E-state index in [9.17, 15) is 9.59 Å². The average Bonchev–Trinajstić information content (AvgIpc) is 2.50. The normalized spacial score (nSPS) is 9.57. The SMILES string of the molecule is CC(=O)Nc1ccc(C(=N)C(C)=O)o1. The molecule has 1 aromatic rings. The van der Waals surface area contributed by atoms with Crippen LogP contribution in [0, 0.1) is 5.41 Å². The highest BCUT2D eigenvalue weighted by Crippen LogP contribution is 2.13. The number of anilines is 1. The number of nitrogens with one attached hydrogen (secondary N) is 2. The molecule has 0 bridgehead atoms. The third-order valence-corrected chi connectivity index (χ3v) is 1.50. The summed E-state index contributed by atoms with van der Waals surface area (Å²) in [5.41, 5.74) is -0.207. The van der Waals surface area contributed by atoms with Crippen molar-refractivity contribution in [2.45, 2.75) is 13.8 Å². The Morgan fingerprint density at radius 1 is 1.36 bits per heavy atom. The van der Waals surface area contributed by atoms with Crippen molar-refractivity contribution < 1.29 is 14.0 Å². The molecular formula is C9H10N2O3. The molecule has 0 aliphatic carbocycles. The number of ketones is 1. The molecule has 5 heteroatoms. The summed E-state index contributed by atoms with van der Waals surface area (Å²) in [6, 6.07) is 2.96. The molecule has 0 radical (unpaired) electrons. The van der Waals surface area contributed by atoms with Crippen molar-refractivity contribution in [1.82, 2.24) is 0 Å². The van der Waals surface area contributed by atoms with Gasteiger partial charge in [-0.3, -0.25) is 20.3 Å². The summed E-state index contributed by atoms with van der Waals surface area (Å²) in [7, 11) is 0. The van der Waals surface area contributed by atoms with Crippen LogP contribution in [0.15, 0.2) is 16.5 Å². The standard InChI is InChI=1S/C9H10N2O3/c1-5(12)9(10)7-3-4-8(14-7)11-6(2)13/h3-4,10H,1-2H3,(H,11,13). The van der Waals surface area contributed by atoms with Gasteiger partial charge in [-0.1, -0.05) is 0 Å². The van der Waals surface area contributed by atoms with Crippen molar-refractivity contribution in [2.75, 3.05) is 5.32 Å². The molecule has 0 aliphatic rings. The van der Waals surface area contributed by atoms with E-state index < -0.39 is 0 Å². The van der Waals surface area contributed by atoms with E-state index in [1.54, 1.807) is 0 Å². The van der Waals surface area contributed by atoms with Gasteiger partial charge in [-0.2, -0.15) is 0 Å². The number of amides is 1. The van der Waals surface area contributed by atoms with E-state index in [-0.39, 0.29) is 29.0 Å². The predicted molar refractivity (Wildman–Crippen MR) is 50.5 cm³/mol. The maximum atomic E-state index is 10.8. The van der Waals surface area contributed by atoms with Gasteiger partial charge in [0, 0.05) is 19.9 Å². The molecule has 0 atom stereocenters. The van der Waals surface area contributed by atoms with Crippen LogP contribution in [0.3, 0.4) is 0 Å². The minimum atomic E-state index is -0.381. The van der Waals surface area contributed by atoms with E-state index in [4.69, 9.17) is 9.83 Å². The van der Waals surface area contributed by atoms with Crippen LogP contribution in [-0.2, 0) is 9.59 Å².